The number of thiazole rings is 1. The highest BCUT2D eigenvalue weighted by molar-refractivity contribution is 14.0. The van der Waals surface area contributed by atoms with Crippen molar-refractivity contribution in [2.45, 2.75) is 19.8 Å². The first-order valence-electron chi connectivity index (χ1n) is 8.54. The number of rotatable bonds is 8. The molecule has 0 saturated heterocycles. The fourth-order valence-corrected chi connectivity index (χ4v) is 3.32. The van der Waals surface area contributed by atoms with E-state index in [9.17, 15) is 4.79 Å². The molecule has 148 valence electrons. The molecule has 27 heavy (non-hydrogen) atoms. The number of benzene rings is 1. The van der Waals surface area contributed by atoms with E-state index in [-0.39, 0.29) is 29.9 Å². The van der Waals surface area contributed by atoms with Gasteiger partial charge in [-0.3, -0.25) is 9.79 Å². The summed E-state index contributed by atoms with van der Waals surface area (Å²) < 4.78 is 0. The average Bonchev–Trinajstić information content (AvgIpc) is 3.11. The van der Waals surface area contributed by atoms with Crippen LogP contribution in [0.2, 0.25) is 5.02 Å². The van der Waals surface area contributed by atoms with E-state index in [0.29, 0.717) is 29.6 Å². The van der Waals surface area contributed by atoms with E-state index in [1.54, 1.807) is 42.6 Å². The van der Waals surface area contributed by atoms with Gasteiger partial charge in [-0.1, -0.05) is 30.7 Å². The maximum Gasteiger partial charge on any atom is 0.252 e. The lowest BCUT2D eigenvalue weighted by molar-refractivity contribution is 0.0954. The molecular formula is C18H25ClIN5OS. The minimum atomic E-state index is -0.184. The fourth-order valence-electron chi connectivity index (χ4n) is 2.23. The van der Waals surface area contributed by atoms with Crippen LogP contribution in [0, 0.1) is 0 Å². The standard InChI is InChI=1S/C18H24ClN5OS.HI/c1-3-13-12-24-16(26-13)8-9-22-18(20-2)23-11-10-21-17(25)14-6-4-5-7-15(14)19;/h4-7,12H,3,8-11H2,1-2H3,(H,21,25)(H2,20,22,23);1H. The molecule has 1 aromatic carbocycles. The highest BCUT2D eigenvalue weighted by Crippen LogP contribution is 2.14. The molecule has 6 nitrogen and oxygen atoms in total. The number of aryl methyl sites for hydroxylation is 1. The minimum absolute atomic E-state index is 0. The van der Waals surface area contributed by atoms with Crippen molar-refractivity contribution in [3.05, 3.63) is 50.9 Å². The summed E-state index contributed by atoms with van der Waals surface area (Å²) in [4.78, 5) is 21.9. The molecule has 0 spiro atoms. The summed E-state index contributed by atoms with van der Waals surface area (Å²) in [5, 5.41) is 10.8. The van der Waals surface area contributed by atoms with Crippen LogP contribution in [0.1, 0.15) is 27.2 Å². The maximum absolute atomic E-state index is 12.1. The highest BCUT2D eigenvalue weighted by Gasteiger charge is 2.08. The molecule has 0 saturated carbocycles. The molecule has 0 aliphatic heterocycles. The average molecular weight is 522 g/mol. The Hall–Kier alpha value is -1.39. The number of aliphatic imine (C=N–C) groups is 1. The molecule has 0 atom stereocenters. The number of guanidine groups is 1. The van der Waals surface area contributed by atoms with Gasteiger partial charge in [0.1, 0.15) is 0 Å². The van der Waals surface area contributed by atoms with Crippen LogP contribution in [0.3, 0.4) is 0 Å². The Balaban J connectivity index is 0.00000364. The smallest absolute Gasteiger partial charge is 0.252 e. The van der Waals surface area contributed by atoms with Crippen molar-refractivity contribution >= 4 is 58.8 Å². The molecule has 0 aliphatic carbocycles. The van der Waals surface area contributed by atoms with Gasteiger partial charge < -0.3 is 16.0 Å². The Labute approximate surface area is 186 Å². The quantitative estimate of drug-likeness (QED) is 0.216. The van der Waals surface area contributed by atoms with Gasteiger partial charge in [0.15, 0.2) is 5.96 Å². The third kappa shape index (κ3) is 8.02. The number of aromatic nitrogens is 1. The minimum Gasteiger partial charge on any atom is -0.356 e. The predicted molar refractivity (Wildman–Crippen MR) is 124 cm³/mol. The molecule has 2 aromatic rings. The Morgan fingerprint density at radius 1 is 1.19 bits per heavy atom. The zero-order valence-corrected chi connectivity index (χ0v) is 19.3. The highest BCUT2D eigenvalue weighted by atomic mass is 127. The van der Waals surface area contributed by atoms with Crippen LogP contribution in [0.15, 0.2) is 35.5 Å². The van der Waals surface area contributed by atoms with Gasteiger partial charge in [0, 0.05) is 44.2 Å². The lowest BCUT2D eigenvalue weighted by Gasteiger charge is -2.12. The summed E-state index contributed by atoms with van der Waals surface area (Å²) in [5.74, 6) is 0.514. The number of carbonyl (C=O) groups excluding carboxylic acids is 1. The van der Waals surface area contributed by atoms with Gasteiger partial charge in [-0.25, -0.2) is 4.98 Å². The van der Waals surface area contributed by atoms with Crippen molar-refractivity contribution in [2.75, 3.05) is 26.7 Å². The van der Waals surface area contributed by atoms with E-state index in [1.165, 1.54) is 4.88 Å². The van der Waals surface area contributed by atoms with Gasteiger partial charge in [-0.2, -0.15) is 0 Å². The molecule has 0 fully saturated rings. The summed E-state index contributed by atoms with van der Waals surface area (Å²) in [5.41, 5.74) is 0.478. The first-order chi connectivity index (χ1) is 12.6. The van der Waals surface area contributed by atoms with Crippen LogP contribution in [-0.2, 0) is 12.8 Å². The number of carbonyl (C=O) groups is 1. The van der Waals surface area contributed by atoms with Crippen LogP contribution in [0.4, 0.5) is 0 Å². The molecule has 1 heterocycles. The molecular weight excluding hydrogens is 497 g/mol. The summed E-state index contributed by atoms with van der Waals surface area (Å²) >= 11 is 7.76. The van der Waals surface area contributed by atoms with E-state index in [4.69, 9.17) is 11.6 Å². The van der Waals surface area contributed by atoms with Crippen LogP contribution in [-0.4, -0.2) is 43.5 Å². The number of amides is 1. The monoisotopic (exact) mass is 521 g/mol. The predicted octanol–water partition coefficient (Wildman–Crippen LogP) is 3.11. The maximum atomic E-state index is 12.1. The molecule has 1 aromatic heterocycles. The van der Waals surface area contributed by atoms with Gasteiger partial charge in [-0.15, -0.1) is 35.3 Å². The van der Waals surface area contributed by atoms with E-state index in [1.807, 2.05) is 6.20 Å². The number of nitrogens with one attached hydrogen (secondary N) is 3. The lowest BCUT2D eigenvalue weighted by atomic mass is 10.2. The molecule has 3 N–H and O–H groups in total. The number of nitrogens with zero attached hydrogens (tertiary/aromatic N) is 2. The Morgan fingerprint density at radius 3 is 2.56 bits per heavy atom. The van der Waals surface area contributed by atoms with Gasteiger partial charge >= 0.3 is 0 Å². The Bertz CT molecular complexity index is 753. The van der Waals surface area contributed by atoms with E-state index < -0.39 is 0 Å². The molecule has 0 radical (unpaired) electrons. The third-order valence-corrected chi connectivity index (χ3v) is 5.16. The summed E-state index contributed by atoms with van der Waals surface area (Å²) in [6.07, 6.45) is 3.82. The SMILES string of the molecule is CCc1cnc(CCNC(=NC)NCCNC(=O)c2ccccc2Cl)s1.I. The number of halogens is 2. The van der Waals surface area contributed by atoms with E-state index >= 15 is 0 Å². The van der Waals surface area contributed by atoms with Gasteiger partial charge in [0.05, 0.1) is 15.6 Å². The molecule has 1 amide bonds. The van der Waals surface area contributed by atoms with Crippen molar-refractivity contribution in [1.29, 1.82) is 0 Å². The molecule has 2 rings (SSSR count). The van der Waals surface area contributed by atoms with Gasteiger partial charge in [-0.05, 0) is 18.6 Å². The topological polar surface area (TPSA) is 78.4 Å². The van der Waals surface area contributed by atoms with E-state index in [2.05, 4.69) is 32.9 Å². The van der Waals surface area contributed by atoms with Crippen LogP contribution < -0.4 is 16.0 Å². The Kier molecular flexibility index (Phi) is 11.3. The molecule has 0 unspecified atom stereocenters. The summed E-state index contributed by atoms with van der Waals surface area (Å²) in [6.45, 7) is 3.92. The Morgan fingerprint density at radius 2 is 1.89 bits per heavy atom. The van der Waals surface area contributed by atoms with E-state index in [0.717, 1.165) is 24.4 Å². The fraction of sp³-hybridized carbons (Fsp3) is 0.389. The lowest BCUT2D eigenvalue weighted by Crippen LogP contribution is -2.42. The first-order valence-corrected chi connectivity index (χ1v) is 9.74. The van der Waals surface area contributed by atoms with Gasteiger partial charge in [0.25, 0.3) is 5.91 Å². The molecule has 0 aliphatic rings. The van der Waals surface area contributed by atoms with Crippen LogP contribution in [0.5, 0.6) is 0 Å². The molecule has 0 bridgehead atoms. The molecule has 9 heteroatoms. The third-order valence-electron chi connectivity index (χ3n) is 3.63. The largest absolute Gasteiger partial charge is 0.356 e. The second-order valence-corrected chi connectivity index (χ2v) is 7.09. The van der Waals surface area contributed by atoms with Crippen LogP contribution in [0.25, 0.3) is 0 Å². The van der Waals surface area contributed by atoms with Gasteiger partial charge in [0.2, 0.25) is 0 Å². The second kappa shape index (κ2) is 12.9. The normalized spacial score (nSPS) is 10.9. The van der Waals surface area contributed by atoms with Crippen molar-refractivity contribution in [2.24, 2.45) is 4.99 Å². The zero-order chi connectivity index (χ0) is 18.8. The summed E-state index contributed by atoms with van der Waals surface area (Å²) in [7, 11) is 1.72. The summed E-state index contributed by atoms with van der Waals surface area (Å²) in [6, 6.07) is 6.99. The van der Waals surface area contributed by atoms with Crippen molar-refractivity contribution < 1.29 is 4.79 Å². The number of hydrogen-bond donors (Lipinski definition) is 3. The number of hydrogen-bond acceptors (Lipinski definition) is 4. The zero-order valence-electron chi connectivity index (χ0n) is 15.4. The van der Waals surface area contributed by atoms with Crippen molar-refractivity contribution in [1.82, 2.24) is 20.9 Å². The first kappa shape index (κ1) is 23.6. The second-order valence-electron chi connectivity index (χ2n) is 5.49. The van der Waals surface area contributed by atoms with Crippen molar-refractivity contribution in [3.8, 4) is 0 Å². The van der Waals surface area contributed by atoms with Crippen molar-refractivity contribution in [3.63, 3.8) is 0 Å². The van der Waals surface area contributed by atoms with Crippen LogP contribution >= 0.6 is 46.9 Å².